The highest BCUT2D eigenvalue weighted by Crippen LogP contribution is 2.40. The van der Waals surface area contributed by atoms with E-state index in [4.69, 9.17) is 18.9 Å². The molecule has 2 rings (SSSR count). The monoisotopic (exact) mass is 304 g/mol. The van der Waals surface area contributed by atoms with Gasteiger partial charge in [-0.25, -0.2) is 0 Å². The fraction of sp³-hybridized carbons (Fsp3) is 0.750. The summed E-state index contributed by atoms with van der Waals surface area (Å²) in [4.78, 5) is 33.7. The molecule has 0 aromatic rings. The van der Waals surface area contributed by atoms with Crippen LogP contribution < -0.4 is 0 Å². The van der Waals surface area contributed by atoms with Crippen molar-refractivity contribution in [1.82, 2.24) is 0 Å². The highest BCUT2D eigenvalue weighted by molar-refractivity contribution is 8.00. The Labute approximate surface area is 120 Å². The Morgan fingerprint density at radius 1 is 0.900 bits per heavy atom. The zero-order valence-corrected chi connectivity index (χ0v) is 12.2. The molecule has 0 spiro atoms. The third kappa shape index (κ3) is 3.24. The van der Waals surface area contributed by atoms with E-state index in [0.717, 1.165) is 0 Å². The molecule has 0 amide bonds. The molecule has 5 atom stereocenters. The summed E-state index contributed by atoms with van der Waals surface area (Å²) in [5.74, 6) is -0.968. The molecule has 2 saturated heterocycles. The maximum atomic E-state index is 11.3. The van der Waals surface area contributed by atoms with Gasteiger partial charge in [0, 0.05) is 26.5 Å². The lowest BCUT2D eigenvalue weighted by molar-refractivity contribution is -0.224. The summed E-state index contributed by atoms with van der Waals surface area (Å²) in [5.41, 5.74) is -0.417. The van der Waals surface area contributed by atoms with Crippen LogP contribution in [0, 0.1) is 0 Å². The van der Waals surface area contributed by atoms with Crippen LogP contribution in [0.4, 0.5) is 0 Å². The van der Waals surface area contributed by atoms with Crippen molar-refractivity contribution in [1.29, 1.82) is 0 Å². The van der Waals surface area contributed by atoms with Crippen molar-refractivity contribution < 1.29 is 33.3 Å². The summed E-state index contributed by atoms with van der Waals surface area (Å²) in [6.07, 6.45) is -2.78. The van der Waals surface area contributed by atoms with Crippen molar-refractivity contribution in [2.24, 2.45) is 0 Å². The van der Waals surface area contributed by atoms with E-state index in [1.54, 1.807) is 0 Å². The molecular formula is C12H16O7S. The van der Waals surface area contributed by atoms with Gasteiger partial charge in [0.25, 0.3) is 0 Å². The van der Waals surface area contributed by atoms with Crippen LogP contribution in [-0.4, -0.2) is 53.5 Å². The number of hydrogen-bond donors (Lipinski definition) is 0. The van der Waals surface area contributed by atoms with Crippen molar-refractivity contribution in [3.05, 3.63) is 0 Å². The first-order valence-corrected chi connectivity index (χ1v) is 7.22. The molecule has 0 radical (unpaired) electrons. The molecule has 0 aromatic carbocycles. The Hall–Kier alpha value is -1.28. The average molecular weight is 304 g/mol. The first-order valence-electron chi connectivity index (χ1n) is 6.17. The van der Waals surface area contributed by atoms with Gasteiger partial charge in [0.2, 0.25) is 0 Å². The number of esters is 3. The Morgan fingerprint density at radius 3 is 1.95 bits per heavy atom. The number of carbonyl (C=O) groups is 3. The molecule has 8 heteroatoms. The molecule has 112 valence electrons. The number of fused-ring (bicyclic) bond motifs is 2. The van der Waals surface area contributed by atoms with Crippen LogP contribution in [0.25, 0.3) is 0 Å². The minimum Gasteiger partial charge on any atom is -0.456 e. The van der Waals surface area contributed by atoms with Gasteiger partial charge in [0.1, 0.15) is 11.5 Å². The number of rotatable bonds is 3. The molecule has 0 saturated carbocycles. The van der Waals surface area contributed by atoms with E-state index in [1.165, 1.54) is 32.5 Å². The van der Waals surface area contributed by atoms with Crippen molar-refractivity contribution in [3.8, 4) is 0 Å². The number of thioether (sulfide) groups is 1. The molecule has 0 aliphatic carbocycles. The summed E-state index contributed by atoms with van der Waals surface area (Å²) < 4.78 is 21.3. The molecule has 2 fully saturated rings. The van der Waals surface area contributed by atoms with Crippen molar-refractivity contribution in [2.45, 2.75) is 50.6 Å². The minimum atomic E-state index is -0.848. The minimum absolute atomic E-state index is 0.370. The molecule has 0 unspecified atom stereocenters. The van der Waals surface area contributed by atoms with Crippen LogP contribution in [0.15, 0.2) is 0 Å². The second-order valence-electron chi connectivity index (χ2n) is 4.60. The summed E-state index contributed by atoms with van der Waals surface area (Å²) in [6, 6.07) is 0. The molecular weight excluding hydrogens is 288 g/mol. The Balaban J connectivity index is 2.24. The third-order valence-electron chi connectivity index (χ3n) is 2.92. The van der Waals surface area contributed by atoms with Gasteiger partial charge in [-0.05, 0) is 0 Å². The predicted molar refractivity (Wildman–Crippen MR) is 67.8 cm³/mol. The summed E-state index contributed by atoms with van der Waals surface area (Å²) in [7, 11) is 0. The van der Waals surface area contributed by atoms with E-state index in [0.29, 0.717) is 5.75 Å². The molecule has 0 N–H and O–H groups in total. The van der Waals surface area contributed by atoms with Crippen LogP contribution in [-0.2, 0) is 33.3 Å². The summed E-state index contributed by atoms with van der Waals surface area (Å²) >= 11 is 1.44. The van der Waals surface area contributed by atoms with Gasteiger partial charge in [0.15, 0.2) is 18.3 Å². The molecule has 2 bridgehead atoms. The zero-order chi connectivity index (χ0) is 14.9. The van der Waals surface area contributed by atoms with Crippen molar-refractivity contribution in [2.75, 3.05) is 5.75 Å². The number of carbonyl (C=O) groups excluding carboxylic acids is 3. The Bertz CT molecular complexity index is 394. The summed E-state index contributed by atoms with van der Waals surface area (Å²) in [5, 5.41) is 0. The molecule has 2 aliphatic heterocycles. The molecule has 2 aliphatic rings. The van der Waals surface area contributed by atoms with E-state index in [2.05, 4.69) is 0 Å². The van der Waals surface area contributed by atoms with E-state index < -0.39 is 41.7 Å². The summed E-state index contributed by atoms with van der Waals surface area (Å²) in [6.45, 7) is 3.78. The molecule has 2 heterocycles. The van der Waals surface area contributed by atoms with E-state index in [-0.39, 0.29) is 6.10 Å². The van der Waals surface area contributed by atoms with Crippen LogP contribution in [0.2, 0.25) is 0 Å². The first kappa shape index (κ1) is 15.1. The highest BCUT2D eigenvalue weighted by Gasteiger charge is 2.55. The highest BCUT2D eigenvalue weighted by atomic mass is 32.2. The maximum absolute atomic E-state index is 11.3. The molecule has 7 nitrogen and oxygen atoms in total. The van der Waals surface area contributed by atoms with Crippen molar-refractivity contribution >= 4 is 29.7 Å². The third-order valence-corrected chi connectivity index (χ3v) is 4.15. The lowest BCUT2D eigenvalue weighted by Crippen LogP contribution is -2.57. The SMILES string of the molecule is CC(=O)O[C@@H]1[C@@H](OC(C)=O)[C@H]2CS[C@H](O2)[C@@H]1OC(C)=O. The second kappa shape index (κ2) is 6.01. The topological polar surface area (TPSA) is 88.1 Å². The molecule has 20 heavy (non-hydrogen) atoms. The van der Waals surface area contributed by atoms with Crippen LogP contribution >= 0.6 is 11.8 Å². The smallest absolute Gasteiger partial charge is 0.303 e. The number of ether oxygens (including phenoxy) is 4. The second-order valence-corrected chi connectivity index (χ2v) is 5.73. The van der Waals surface area contributed by atoms with Gasteiger partial charge in [0.05, 0.1) is 0 Å². The quantitative estimate of drug-likeness (QED) is 0.542. The van der Waals surface area contributed by atoms with E-state index >= 15 is 0 Å². The van der Waals surface area contributed by atoms with Gasteiger partial charge < -0.3 is 18.9 Å². The lowest BCUT2D eigenvalue weighted by Gasteiger charge is -2.39. The zero-order valence-electron chi connectivity index (χ0n) is 11.4. The first-order chi connectivity index (χ1) is 9.38. The lowest BCUT2D eigenvalue weighted by atomic mass is 10.0. The fourth-order valence-electron chi connectivity index (χ4n) is 2.31. The van der Waals surface area contributed by atoms with Crippen LogP contribution in [0.5, 0.6) is 0 Å². The van der Waals surface area contributed by atoms with Gasteiger partial charge in [-0.2, -0.15) is 0 Å². The maximum Gasteiger partial charge on any atom is 0.303 e. The van der Waals surface area contributed by atoms with Crippen LogP contribution in [0.3, 0.4) is 0 Å². The van der Waals surface area contributed by atoms with E-state index in [9.17, 15) is 14.4 Å². The standard InChI is InChI=1S/C12H16O7S/c1-5(13)16-9-8-4-20-12(19-8)11(18-7(3)15)10(9)17-6(2)14/h8-12H,4H2,1-3H3/t8-,9+,10-,11-,12+/m1/s1. The van der Waals surface area contributed by atoms with Crippen LogP contribution in [0.1, 0.15) is 20.8 Å². The Morgan fingerprint density at radius 2 is 1.40 bits per heavy atom. The Kier molecular flexibility index (Phi) is 4.54. The largest absolute Gasteiger partial charge is 0.456 e. The van der Waals surface area contributed by atoms with Gasteiger partial charge in [-0.3, -0.25) is 14.4 Å². The van der Waals surface area contributed by atoms with Gasteiger partial charge in [-0.15, -0.1) is 11.8 Å². The predicted octanol–water partition coefficient (Wildman–Crippen LogP) is 0.253. The fourth-order valence-corrected chi connectivity index (χ4v) is 3.58. The van der Waals surface area contributed by atoms with Gasteiger partial charge in [-0.1, -0.05) is 0 Å². The molecule has 0 aromatic heterocycles. The van der Waals surface area contributed by atoms with Gasteiger partial charge >= 0.3 is 17.9 Å². The normalized spacial score (nSPS) is 35.2. The van der Waals surface area contributed by atoms with Crippen molar-refractivity contribution in [3.63, 3.8) is 0 Å². The average Bonchev–Trinajstić information content (AvgIpc) is 2.74. The number of hydrogen-bond acceptors (Lipinski definition) is 8. The van der Waals surface area contributed by atoms with E-state index in [1.807, 2.05) is 0 Å².